The summed E-state index contributed by atoms with van der Waals surface area (Å²) in [6, 6.07) is 18.4. The minimum Gasteiger partial charge on any atom is -0.481 e. The summed E-state index contributed by atoms with van der Waals surface area (Å²) in [5.41, 5.74) is 5.05. The average Bonchev–Trinajstić information content (AvgIpc) is 2.81. The number of halogens is 2. The first-order valence-corrected chi connectivity index (χ1v) is 12.2. The molecule has 8 heteroatoms. The molecule has 35 heavy (non-hydrogen) atoms. The second-order valence-corrected chi connectivity index (χ2v) is 9.60. The SMILES string of the molecule is Cc1ccc(NC(=O)/C(C#N)=C\c2cc(Br)c(OCC(=O)Nc3cccc(C)c3C)c(Br)c2)cc1. The molecule has 2 amide bonds. The van der Waals surface area contributed by atoms with Gasteiger partial charge in [0.25, 0.3) is 11.8 Å². The first-order valence-electron chi connectivity index (χ1n) is 10.7. The minimum atomic E-state index is -0.507. The molecular formula is C27H23Br2N3O3. The number of ether oxygens (including phenoxy) is 1. The van der Waals surface area contributed by atoms with Crippen LogP contribution in [0.2, 0.25) is 0 Å². The molecule has 0 atom stereocenters. The van der Waals surface area contributed by atoms with E-state index in [4.69, 9.17) is 4.74 Å². The highest BCUT2D eigenvalue weighted by Gasteiger charge is 2.14. The Morgan fingerprint density at radius 1 is 1.00 bits per heavy atom. The van der Waals surface area contributed by atoms with E-state index in [1.807, 2.05) is 57.2 Å². The van der Waals surface area contributed by atoms with Gasteiger partial charge in [-0.05, 0) is 106 Å². The standard InChI is InChI=1S/C27H23Br2N3O3/c1-16-7-9-21(10-8-16)31-27(34)20(14-30)11-19-12-22(28)26(23(29)13-19)35-15-25(33)32-24-6-4-5-17(2)18(24)3/h4-13H,15H2,1-3H3,(H,31,34)(H,32,33)/b20-11-. The number of carbonyl (C=O) groups is 2. The third-order valence-corrected chi connectivity index (χ3v) is 6.41. The summed E-state index contributed by atoms with van der Waals surface area (Å²) in [4.78, 5) is 25.0. The van der Waals surface area contributed by atoms with Gasteiger partial charge in [0.2, 0.25) is 0 Å². The van der Waals surface area contributed by atoms with Crippen LogP contribution in [0.3, 0.4) is 0 Å². The fraction of sp³-hybridized carbons (Fsp3) is 0.148. The number of hydrogen-bond acceptors (Lipinski definition) is 4. The molecule has 2 N–H and O–H groups in total. The molecule has 0 radical (unpaired) electrons. The van der Waals surface area contributed by atoms with E-state index in [-0.39, 0.29) is 18.1 Å². The van der Waals surface area contributed by atoms with Crippen molar-refractivity contribution in [1.82, 2.24) is 0 Å². The molecule has 0 aromatic heterocycles. The summed E-state index contributed by atoms with van der Waals surface area (Å²) < 4.78 is 6.85. The van der Waals surface area contributed by atoms with Gasteiger partial charge in [0.1, 0.15) is 17.4 Å². The van der Waals surface area contributed by atoms with Crippen LogP contribution in [0.25, 0.3) is 6.08 Å². The second kappa shape index (κ2) is 11.8. The summed E-state index contributed by atoms with van der Waals surface area (Å²) >= 11 is 6.89. The van der Waals surface area contributed by atoms with Crippen LogP contribution in [-0.2, 0) is 9.59 Å². The quantitative estimate of drug-likeness (QED) is 0.234. The maximum absolute atomic E-state index is 12.5. The van der Waals surface area contributed by atoms with E-state index in [2.05, 4.69) is 42.5 Å². The van der Waals surface area contributed by atoms with Gasteiger partial charge in [-0.1, -0.05) is 29.8 Å². The van der Waals surface area contributed by atoms with Crippen LogP contribution in [-0.4, -0.2) is 18.4 Å². The Labute approximate surface area is 221 Å². The number of anilines is 2. The van der Waals surface area contributed by atoms with Crippen molar-refractivity contribution in [2.75, 3.05) is 17.2 Å². The molecule has 0 saturated heterocycles. The summed E-state index contributed by atoms with van der Waals surface area (Å²) in [5, 5.41) is 15.1. The van der Waals surface area contributed by atoms with Crippen LogP contribution >= 0.6 is 31.9 Å². The Hall–Kier alpha value is -3.41. The number of aryl methyl sites for hydroxylation is 2. The second-order valence-electron chi connectivity index (χ2n) is 7.89. The highest BCUT2D eigenvalue weighted by molar-refractivity contribution is 9.11. The van der Waals surface area contributed by atoms with Gasteiger partial charge in [-0.3, -0.25) is 9.59 Å². The predicted molar refractivity (Wildman–Crippen MR) is 145 cm³/mol. The number of nitrogens with one attached hydrogen (secondary N) is 2. The summed E-state index contributed by atoms with van der Waals surface area (Å²) in [6.45, 7) is 5.69. The van der Waals surface area contributed by atoms with Gasteiger partial charge in [-0.2, -0.15) is 5.26 Å². The van der Waals surface area contributed by atoms with Gasteiger partial charge in [-0.25, -0.2) is 0 Å². The lowest BCUT2D eigenvalue weighted by Gasteiger charge is -2.13. The zero-order valence-electron chi connectivity index (χ0n) is 19.4. The number of nitriles is 1. The highest BCUT2D eigenvalue weighted by atomic mass is 79.9. The fourth-order valence-electron chi connectivity index (χ4n) is 3.16. The Morgan fingerprint density at radius 3 is 2.29 bits per heavy atom. The number of amides is 2. The number of rotatable bonds is 7. The first kappa shape index (κ1) is 26.2. The van der Waals surface area contributed by atoms with Crippen LogP contribution in [0.1, 0.15) is 22.3 Å². The molecule has 3 aromatic carbocycles. The zero-order chi connectivity index (χ0) is 25.5. The topological polar surface area (TPSA) is 91.2 Å². The molecule has 0 aliphatic heterocycles. The van der Waals surface area contributed by atoms with Gasteiger partial charge >= 0.3 is 0 Å². The van der Waals surface area contributed by atoms with Crippen molar-refractivity contribution in [3.8, 4) is 11.8 Å². The summed E-state index contributed by atoms with van der Waals surface area (Å²) in [7, 11) is 0. The molecule has 3 rings (SSSR count). The normalized spacial score (nSPS) is 10.9. The van der Waals surface area contributed by atoms with Gasteiger partial charge in [0.05, 0.1) is 8.95 Å². The molecule has 0 fully saturated rings. The molecule has 3 aromatic rings. The maximum atomic E-state index is 12.5. The average molecular weight is 597 g/mol. The molecule has 178 valence electrons. The maximum Gasteiger partial charge on any atom is 0.266 e. The molecule has 0 heterocycles. The van der Waals surface area contributed by atoms with E-state index in [0.717, 1.165) is 22.4 Å². The van der Waals surface area contributed by atoms with Gasteiger partial charge in [0, 0.05) is 11.4 Å². The van der Waals surface area contributed by atoms with E-state index >= 15 is 0 Å². The van der Waals surface area contributed by atoms with Crippen LogP contribution in [0.15, 0.2) is 69.1 Å². The molecule has 6 nitrogen and oxygen atoms in total. The summed E-state index contributed by atoms with van der Waals surface area (Å²) in [5.74, 6) is -0.367. The van der Waals surface area contributed by atoms with Crippen molar-refractivity contribution >= 4 is 61.1 Å². The van der Waals surface area contributed by atoms with Gasteiger partial charge in [-0.15, -0.1) is 0 Å². The van der Waals surface area contributed by atoms with Crippen molar-refractivity contribution in [2.24, 2.45) is 0 Å². The summed E-state index contributed by atoms with van der Waals surface area (Å²) in [6.07, 6.45) is 1.48. The molecule has 0 aliphatic carbocycles. The number of carbonyl (C=O) groups excluding carboxylic acids is 2. The van der Waals surface area contributed by atoms with Crippen LogP contribution in [0.5, 0.6) is 5.75 Å². The van der Waals surface area contributed by atoms with Gasteiger partial charge in [0.15, 0.2) is 6.61 Å². The van der Waals surface area contributed by atoms with Crippen LogP contribution in [0, 0.1) is 32.1 Å². The van der Waals surface area contributed by atoms with E-state index in [1.54, 1.807) is 24.3 Å². The molecule has 0 spiro atoms. The Morgan fingerprint density at radius 2 is 1.66 bits per heavy atom. The fourth-order valence-corrected chi connectivity index (χ4v) is 4.61. The van der Waals surface area contributed by atoms with Crippen molar-refractivity contribution in [2.45, 2.75) is 20.8 Å². The first-order chi connectivity index (χ1) is 16.7. The lowest BCUT2D eigenvalue weighted by atomic mass is 10.1. The predicted octanol–water partition coefficient (Wildman–Crippen LogP) is 6.70. The van der Waals surface area contributed by atoms with Crippen molar-refractivity contribution in [1.29, 1.82) is 5.26 Å². The van der Waals surface area contributed by atoms with E-state index in [9.17, 15) is 14.9 Å². The number of benzene rings is 3. The monoisotopic (exact) mass is 595 g/mol. The number of hydrogen-bond donors (Lipinski definition) is 2. The third-order valence-electron chi connectivity index (χ3n) is 5.23. The minimum absolute atomic E-state index is 0.0501. The van der Waals surface area contributed by atoms with E-state index < -0.39 is 5.91 Å². The third kappa shape index (κ3) is 7.04. The molecule has 0 unspecified atom stereocenters. The van der Waals surface area contributed by atoms with Crippen molar-refractivity contribution in [3.63, 3.8) is 0 Å². The smallest absolute Gasteiger partial charge is 0.266 e. The van der Waals surface area contributed by atoms with Crippen LogP contribution in [0.4, 0.5) is 11.4 Å². The Kier molecular flexibility index (Phi) is 8.85. The van der Waals surface area contributed by atoms with E-state index in [1.165, 1.54) is 6.08 Å². The van der Waals surface area contributed by atoms with Crippen LogP contribution < -0.4 is 15.4 Å². The largest absolute Gasteiger partial charge is 0.481 e. The highest BCUT2D eigenvalue weighted by Crippen LogP contribution is 2.35. The molecule has 0 saturated carbocycles. The molecule has 0 bridgehead atoms. The Bertz CT molecular complexity index is 1320. The van der Waals surface area contributed by atoms with Gasteiger partial charge < -0.3 is 15.4 Å². The Balaban J connectivity index is 1.70. The van der Waals surface area contributed by atoms with E-state index in [0.29, 0.717) is 25.9 Å². The molecule has 0 aliphatic rings. The lowest BCUT2D eigenvalue weighted by molar-refractivity contribution is -0.118. The van der Waals surface area contributed by atoms with Crippen molar-refractivity contribution < 1.29 is 14.3 Å². The number of nitrogens with zero attached hydrogens (tertiary/aromatic N) is 1. The molecular weight excluding hydrogens is 574 g/mol. The zero-order valence-corrected chi connectivity index (χ0v) is 22.6. The van der Waals surface area contributed by atoms with Crippen molar-refractivity contribution in [3.05, 3.63) is 91.4 Å². The lowest BCUT2D eigenvalue weighted by Crippen LogP contribution is -2.21.